The van der Waals surface area contributed by atoms with Crippen molar-refractivity contribution < 1.29 is 14.3 Å². The topological polar surface area (TPSA) is 72.6 Å². The zero-order valence-corrected chi connectivity index (χ0v) is 13.4. The largest absolute Gasteiger partial charge is 0.463 e. The maximum atomic E-state index is 12.3. The number of urea groups is 1. The molecule has 1 saturated heterocycles. The van der Waals surface area contributed by atoms with Crippen LogP contribution in [0.15, 0.2) is 11.6 Å². The summed E-state index contributed by atoms with van der Waals surface area (Å²) < 4.78 is 5.46. The first-order valence-electron chi connectivity index (χ1n) is 7.63. The van der Waals surface area contributed by atoms with Crippen molar-refractivity contribution in [1.82, 2.24) is 4.90 Å². The second-order valence-electron chi connectivity index (χ2n) is 7.03. The number of hydrogen-bond acceptors (Lipinski definition) is 3. The van der Waals surface area contributed by atoms with Crippen molar-refractivity contribution in [3.63, 3.8) is 0 Å². The molecular weight excluding hydrogens is 268 g/mol. The van der Waals surface area contributed by atoms with Gasteiger partial charge in [-0.1, -0.05) is 25.5 Å². The van der Waals surface area contributed by atoms with Gasteiger partial charge in [0, 0.05) is 6.54 Å². The lowest BCUT2D eigenvalue weighted by Crippen LogP contribution is -2.42. The molecule has 0 aromatic rings. The van der Waals surface area contributed by atoms with Crippen LogP contribution in [0.5, 0.6) is 0 Å². The summed E-state index contributed by atoms with van der Waals surface area (Å²) in [6.07, 6.45) is 3.92. The molecule has 118 valence electrons. The first-order chi connectivity index (χ1) is 9.75. The number of nitrogens with two attached hydrogens (primary N) is 1. The molecule has 3 atom stereocenters. The molecule has 2 rings (SSSR count). The van der Waals surface area contributed by atoms with Gasteiger partial charge in [0.25, 0.3) is 0 Å². The lowest BCUT2D eigenvalue weighted by atomic mass is 10.1. The van der Waals surface area contributed by atoms with Gasteiger partial charge >= 0.3 is 12.0 Å². The maximum absolute atomic E-state index is 12.3. The molecule has 5 heteroatoms. The molecular formula is C16H26N2O3. The maximum Gasteiger partial charge on any atom is 0.315 e. The average Bonchev–Trinajstić information content (AvgIpc) is 2.77. The fourth-order valence-corrected chi connectivity index (χ4v) is 3.37. The Bertz CT molecular complexity index is 466. The summed E-state index contributed by atoms with van der Waals surface area (Å²) in [6, 6.07) is -0.488. The first-order valence-corrected chi connectivity index (χ1v) is 7.63. The van der Waals surface area contributed by atoms with E-state index in [2.05, 4.69) is 19.9 Å². The number of esters is 1. The molecule has 1 heterocycles. The molecule has 2 amide bonds. The van der Waals surface area contributed by atoms with Gasteiger partial charge in [-0.25, -0.2) is 4.79 Å². The van der Waals surface area contributed by atoms with E-state index in [4.69, 9.17) is 10.5 Å². The van der Waals surface area contributed by atoms with Crippen LogP contribution < -0.4 is 5.73 Å². The number of nitrogens with zero attached hydrogens (tertiary/aromatic N) is 1. The summed E-state index contributed by atoms with van der Waals surface area (Å²) in [5.41, 5.74) is 6.51. The highest BCUT2D eigenvalue weighted by molar-refractivity contribution is 5.78. The fraction of sp³-hybridized carbons (Fsp3) is 0.750. The number of ether oxygens (including phenoxy) is 1. The Labute approximate surface area is 126 Å². The quantitative estimate of drug-likeness (QED) is 0.639. The van der Waals surface area contributed by atoms with E-state index >= 15 is 0 Å². The number of allylic oxidation sites excluding steroid dienone is 2. The minimum absolute atomic E-state index is 0.0343. The van der Waals surface area contributed by atoms with Crippen LogP contribution in [0, 0.1) is 17.3 Å². The molecule has 0 aromatic heterocycles. The number of carbonyl (C=O) groups excluding carboxylic acids is 2. The number of likely N-dealkylation sites (tertiary alicyclic amines) is 1. The van der Waals surface area contributed by atoms with Gasteiger partial charge < -0.3 is 15.4 Å². The van der Waals surface area contributed by atoms with Crippen LogP contribution in [0.2, 0.25) is 0 Å². The van der Waals surface area contributed by atoms with Gasteiger partial charge in [-0.3, -0.25) is 4.79 Å². The van der Waals surface area contributed by atoms with Crippen molar-refractivity contribution in [3.05, 3.63) is 11.6 Å². The molecule has 5 nitrogen and oxygen atoms in total. The van der Waals surface area contributed by atoms with Gasteiger partial charge in [-0.05, 0) is 38.0 Å². The van der Waals surface area contributed by atoms with Gasteiger partial charge in [0.15, 0.2) is 0 Å². The Hall–Kier alpha value is -1.52. The third-order valence-electron chi connectivity index (χ3n) is 4.76. The zero-order valence-electron chi connectivity index (χ0n) is 13.4. The average molecular weight is 294 g/mol. The molecule has 2 N–H and O–H groups in total. The van der Waals surface area contributed by atoms with Crippen molar-refractivity contribution in [2.24, 2.45) is 23.0 Å². The molecule has 0 spiro atoms. The van der Waals surface area contributed by atoms with E-state index in [0.29, 0.717) is 6.54 Å². The van der Waals surface area contributed by atoms with Crippen LogP contribution in [0.4, 0.5) is 4.79 Å². The summed E-state index contributed by atoms with van der Waals surface area (Å²) in [6.45, 7) is 9.19. The van der Waals surface area contributed by atoms with Crippen molar-refractivity contribution >= 4 is 12.0 Å². The van der Waals surface area contributed by atoms with Crippen LogP contribution in [-0.2, 0) is 9.53 Å². The van der Waals surface area contributed by atoms with Crippen LogP contribution in [0.3, 0.4) is 0 Å². The highest BCUT2D eigenvalue weighted by Crippen LogP contribution is 2.59. The zero-order chi connectivity index (χ0) is 15.8. The van der Waals surface area contributed by atoms with Crippen LogP contribution >= 0.6 is 0 Å². The molecule has 2 fully saturated rings. The lowest BCUT2D eigenvalue weighted by molar-refractivity contribution is -0.147. The van der Waals surface area contributed by atoms with E-state index in [1.807, 2.05) is 13.8 Å². The first kappa shape index (κ1) is 15.9. The summed E-state index contributed by atoms with van der Waals surface area (Å²) in [5.74, 6) is 0.0282. The number of hydrogen-bond donors (Lipinski definition) is 1. The standard InChI is InChI=1S/C16H26N2O3/c1-10(2)8-12-13(16(12,3)4)14(19)21-9-11-6-5-7-18(11)15(17)20/h8,11-13H,5-7,9H2,1-4H3,(H2,17,20). The Morgan fingerprint density at radius 1 is 1.38 bits per heavy atom. The van der Waals surface area contributed by atoms with E-state index in [1.165, 1.54) is 5.57 Å². The summed E-state index contributed by atoms with van der Waals surface area (Å²) in [5, 5.41) is 0. The van der Waals surface area contributed by atoms with Gasteiger partial charge in [-0.15, -0.1) is 0 Å². The number of amides is 2. The van der Waals surface area contributed by atoms with E-state index in [1.54, 1.807) is 4.90 Å². The Morgan fingerprint density at radius 3 is 2.62 bits per heavy atom. The van der Waals surface area contributed by atoms with E-state index in [9.17, 15) is 9.59 Å². The molecule has 21 heavy (non-hydrogen) atoms. The van der Waals surface area contributed by atoms with E-state index in [-0.39, 0.29) is 35.9 Å². The highest BCUT2D eigenvalue weighted by Gasteiger charge is 2.61. The minimum Gasteiger partial charge on any atom is -0.463 e. The third-order valence-corrected chi connectivity index (χ3v) is 4.76. The summed E-state index contributed by atoms with van der Waals surface area (Å²) >= 11 is 0. The molecule has 2 aliphatic rings. The molecule has 0 radical (unpaired) electrons. The number of primary amides is 1. The summed E-state index contributed by atoms with van der Waals surface area (Å²) in [4.78, 5) is 25.1. The second-order valence-corrected chi connectivity index (χ2v) is 7.03. The normalized spacial score (nSPS) is 29.9. The van der Waals surface area contributed by atoms with Crippen molar-refractivity contribution in [2.45, 2.75) is 46.6 Å². The molecule has 1 aliphatic carbocycles. The Balaban J connectivity index is 1.88. The van der Waals surface area contributed by atoms with Gasteiger partial charge in [0.2, 0.25) is 0 Å². The van der Waals surface area contributed by atoms with Crippen LogP contribution in [-0.4, -0.2) is 36.1 Å². The minimum atomic E-state index is -0.428. The monoisotopic (exact) mass is 294 g/mol. The van der Waals surface area contributed by atoms with Gasteiger partial charge in [0.1, 0.15) is 6.61 Å². The highest BCUT2D eigenvalue weighted by atomic mass is 16.5. The third kappa shape index (κ3) is 3.22. The van der Waals surface area contributed by atoms with Gasteiger partial charge in [0.05, 0.1) is 12.0 Å². The van der Waals surface area contributed by atoms with Crippen LogP contribution in [0.25, 0.3) is 0 Å². The lowest BCUT2D eigenvalue weighted by Gasteiger charge is -2.22. The molecule has 1 aliphatic heterocycles. The number of rotatable bonds is 4. The molecule has 1 saturated carbocycles. The molecule has 3 unspecified atom stereocenters. The van der Waals surface area contributed by atoms with Crippen molar-refractivity contribution in [1.29, 1.82) is 0 Å². The Kier molecular flexibility index (Phi) is 4.30. The van der Waals surface area contributed by atoms with E-state index < -0.39 is 6.03 Å². The van der Waals surface area contributed by atoms with Crippen molar-refractivity contribution in [2.75, 3.05) is 13.2 Å². The predicted molar refractivity (Wildman–Crippen MR) is 80.5 cm³/mol. The van der Waals surface area contributed by atoms with Crippen LogP contribution in [0.1, 0.15) is 40.5 Å². The SMILES string of the molecule is CC(C)=CC1C(C(=O)OCC2CCCN2C(N)=O)C1(C)C. The predicted octanol–water partition coefficient (Wildman–Crippen LogP) is 2.31. The van der Waals surface area contributed by atoms with Gasteiger partial charge in [-0.2, -0.15) is 0 Å². The van der Waals surface area contributed by atoms with E-state index in [0.717, 1.165) is 12.8 Å². The fourth-order valence-electron chi connectivity index (χ4n) is 3.37. The van der Waals surface area contributed by atoms with Crippen molar-refractivity contribution in [3.8, 4) is 0 Å². The molecule has 0 aromatic carbocycles. The Morgan fingerprint density at radius 2 is 2.05 bits per heavy atom. The smallest absolute Gasteiger partial charge is 0.315 e. The second kappa shape index (κ2) is 5.70. The summed E-state index contributed by atoms with van der Waals surface area (Å²) in [7, 11) is 0. The number of carbonyl (C=O) groups is 2. The molecule has 0 bridgehead atoms.